The van der Waals surface area contributed by atoms with Crippen molar-refractivity contribution in [2.45, 2.75) is 29.8 Å². The van der Waals surface area contributed by atoms with Gasteiger partial charge in [-0.2, -0.15) is 4.31 Å². The van der Waals surface area contributed by atoms with E-state index in [1.54, 1.807) is 7.11 Å². The number of nitrogens with zero attached hydrogens (tertiary/aromatic N) is 1. The van der Waals surface area contributed by atoms with Crippen LogP contribution in [0.3, 0.4) is 0 Å². The second kappa shape index (κ2) is 7.13. The average Bonchev–Trinajstić information content (AvgIpc) is 3.15. The number of aliphatic hydroxyl groups is 1. The molecule has 0 spiro atoms. The maximum atomic E-state index is 14.1. The van der Waals surface area contributed by atoms with Gasteiger partial charge in [-0.25, -0.2) is 12.8 Å². The maximum Gasteiger partial charge on any atom is 0.246 e. The number of hydrogen-bond acceptors (Lipinski definition) is 4. The van der Waals surface area contributed by atoms with E-state index >= 15 is 0 Å². The largest absolute Gasteiger partial charge is 0.497 e. The van der Waals surface area contributed by atoms with Crippen LogP contribution in [-0.4, -0.2) is 38.0 Å². The van der Waals surface area contributed by atoms with Crippen molar-refractivity contribution in [3.8, 4) is 5.75 Å². The van der Waals surface area contributed by atoms with Crippen molar-refractivity contribution in [2.75, 3.05) is 20.2 Å². The predicted molar refractivity (Wildman–Crippen MR) is 103 cm³/mol. The molecule has 0 radical (unpaired) electrons. The fraction of sp³-hybridized carbons (Fsp3) is 0.429. The van der Waals surface area contributed by atoms with Crippen LogP contribution < -0.4 is 4.74 Å². The quantitative estimate of drug-likeness (QED) is 0.849. The Bertz CT molecular complexity index is 980. The summed E-state index contributed by atoms with van der Waals surface area (Å²) in [6.07, 6.45) is 2.22. The van der Waals surface area contributed by atoms with Gasteiger partial charge in [0.1, 0.15) is 16.5 Å². The summed E-state index contributed by atoms with van der Waals surface area (Å²) < 4.78 is 46.8. The minimum absolute atomic E-state index is 0.0338. The van der Waals surface area contributed by atoms with Crippen LogP contribution in [0.5, 0.6) is 5.75 Å². The number of ether oxygens (including phenoxy) is 1. The molecular formula is C21H24FNO4S. The Morgan fingerprint density at radius 1 is 1.18 bits per heavy atom. The zero-order chi connectivity index (χ0) is 19.9. The van der Waals surface area contributed by atoms with E-state index in [1.807, 2.05) is 24.3 Å². The molecule has 1 aliphatic heterocycles. The van der Waals surface area contributed by atoms with E-state index in [1.165, 1.54) is 22.5 Å². The Balaban J connectivity index is 1.67. The van der Waals surface area contributed by atoms with Crippen molar-refractivity contribution in [1.29, 1.82) is 0 Å². The molecule has 3 atom stereocenters. The van der Waals surface area contributed by atoms with Gasteiger partial charge in [0.15, 0.2) is 0 Å². The summed E-state index contributed by atoms with van der Waals surface area (Å²) in [5.41, 5.74) is -0.386. The molecule has 1 aliphatic carbocycles. The lowest BCUT2D eigenvalue weighted by atomic mass is 9.67. The maximum absolute atomic E-state index is 14.1. The molecule has 150 valence electrons. The molecule has 28 heavy (non-hydrogen) atoms. The molecule has 1 saturated carbocycles. The van der Waals surface area contributed by atoms with Crippen LogP contribution in [0, 0.1) is 17.7 Å². The third kappa shape index (κ3) is 3.11. The molecule has 1 saturated heterocycles. The number of rotatable bonds is 4. The van der Waals surface area contributed by atoms with Gasteiger partial charge in [-0.1, -0.05) is 24.3 Å². The fourth-order valence-corrected chi connectivity index (χ4v) is 6.31. The number of halogens is 1. The molecule has 2 fully saturated rings. The first kappa shape index (κ1) is 19.4. The Kier molecular flexibility index (Phi) is 4.93. The highest BCUT2D eigenvalue weighted by Gasteiger charge is 2.52. The molecule has 4 rings (SSSR count). The van der Waals surface area contributed by atoms with Crippen molar-refractivity contribution >= 4 is 10.0 Å². The molecule has 0 unspecified atom stereocenters. The van der Waals surface area contributed by atoms with Crippen molar-refractivity contribution in [1.82, 2.24) is 4.31 Å². The lowest BCUT2D eigenvalue weighted by molar-refractivity contribution is -0.0641. The van der Waals surface area contributed by atoms with E-state index in [0.29, 0.717) is 18.7 Å². The van der Waals surface area contributed by atoms with E-state index < -0.39 is 21.4 Å². The van der Waals surface area contributed by atoms with Crippen LogP contribution in [-0.2, 0) is 15.6 Å². The van der Waals surface area contributed by atoms with Gasteiger partial charge in [0.25, 0.3) is 0 Å². The van der Waals surface area contributed by atoms with E-state index in [4.69, 9.17) is 4.74 Å². The molecule has 0 bridgehead atoms. The molecule has 1 N–H and O–H groups in total. The molecule has 0 aromatic heterocycles. The lowest BCUT2D eigenvalue weighted by Crippen LogP contribution is -2.43. The molecule has 0 amide bonds. The van der Waals surface area contributed by atoms with E-state index in [0.717, 1.165) is 24.5 Å². The zero-order valence-corrected chi connectivity index (χ0v) is 16.5. The smallest absolute Gasteiger partial charge is 0.246 e. The molecule has 2 aromatic rings. The molecule has 7 heteroatoms. The third-order valence-corrected chi connectivity index (χ3v) is 8.04. The van der Waals surface area contributed by atoms with Crippen molar-refractivity contribution < 1.29 is 22.7 Å². The Labute approximate surface area is 164 Å². The Morgan fingerprint density at radius 2 is 1.96 bits per heavy atom. The third-order valence-electron chi connectivity index (χ3n) is 6.18. The molecule has 1 heterocycles. The summed E-state index contributed by atoms with van der Waals surface area (Å²) in [4.78, 5) is -0.307. The first-order valence-electron chi connectivity index (χ1n) is 9.48. The summed E-state index contributed by atoms with van der Waals surface area (Å²) in [6, 6.07) is 12.8. The number of hydrogen-bond donors (Lipinski definition) is 1. The van der Waals surface area contributed by atoms with Crippen molar-refractivity contribution in [3.05, 3.63) is 59.9 Å². The summed E-state index contributed by atoms with van der Waals surface area (Å²) in [5, 5.41) is 11.6. The molecule has 5 nitrogen and oxygen atoms in total. The van der Waals surface area contributed by atoms with Crippen LogP contribution in [0.1, 0.15) is 24.8 Å². The zero-order valence-electron chi connectivity index (χ0n) is 15.7. The number of methoxy groups -OCH3 is 1. The van der Waals surface area contributed by atoms with Gasteiger partial charge < -0.3 is 9.84 Å². The highest BCUT2D eigenvalue weighted by atomic mass is 32.2. The summed E-state index contributed by atoms with van der Waals surface area (Å²) in [5.74, 6) is -0.302. The fourth-order valence-electron chi connectivity index (χ4n) is 4.72. The molecule has 2 aliphatic rings. The minimum Gasteiger partial charge on any atom is -0.497 e. The van der Waals surface area contributed by atoms with Gasteiger partial charge in [0, 0.05) is 19.0 Å². The molecule has 2 aromatic carbocycles. The normalized spacial score (nSPS) is 28.1. The van der Waals surface area contributed by atoms with E-state index in [-0.39, 0.29) is 23.3 Å². The average molecular weight is 405 g/mol. The number of benzene rings is 2. The standard InChI is InChI=1S/C21H24FNO4S/c1-27-17-8-4-7-16(12-17)21(24)11-5-6-15-13-23(14-18(15)21)28(25,26)20-10-3-2-9-19(20)22/h2-4,7-10,12,15,18,24H,5-6,11,13-14H2,1H3/t15-,18+,21+/m0/s1. The van der Waals surface area contributed by atoms with Crippen molar-refractivity contribution in [2.24, 2.45) is 11.8 Å². The van der Waals surface area contributed by atoms with E-state index in [2.05, 4.69) is 0 Å². The highest BCUT2D eigenvalue weighted by molar-refractivity contribution is 7.89. The number of fused-ring (bicyclic) bond motifs is 1. The Hall–Kier alpha value is -1.96. The number of sulfonamides is 1. The predicted octanol–water partition coefficient (Wildman–Crippen LogP) is 3.14. The van der Waals surface area contributed by atoms with Gasteiger partial charge >= 0.3 is 0 Å². The summed E-state index contributed by atoms with van der Waals surface area (Å²) in [6.45, 7) is 0.475. The van der Waals surface area contributed by atoms with Gasteiger partial charge in [0.2, 0.25) is 10.0 Å². The van der Waals surface area contributed by atoms with Crippen molar-refractivity contribution in [3.63, 3.8) is 0 Å². The van der Waals surface area contributed by atoms with Crippen LogP contribution in [0.2, 0.25) is 0 Å². The van der Waals surface area contributed by atoms with Crippen LogP contribution in [0.15, 0.2) is 53.4 Å². The van der Waals surface area contributed by atoms with Crippen LogP contribution in [0.4, 0.5) is 4.39 Å². The van der Waals surface area contributed by atoms with E-state index in [9.17, 15) is 17.9 Å². The summed E-state index contributed by atoms with van der Waals surface area (Å²) in [7, 11) is -2.38. The van der Waals surface area contributed by atoms with Crippen LogP contribution >= 0.6 is 0 Å². The first-order chi connectivity index (χ1) is 13.4. The van der Waals surface area contributed by atoms with Crippen LogP contribution in [0.25, 0.3) is 0 Å². The van der Waals surface area contributed by atoms with Gasteiger partial charge in [-0.05, 0) is 55.0 Å². The second-order valence-electron chi connectivity index (χ2n) is 7.67. The minimum atomic E-state index is -3.95. The summed E-state index contributed by atoms with van der Waals surface area (Å²) >= 11 is 0. The second-order valence-corrected chi connectivity index (χ2v) is 9.57. The highest BCUT2D eigenvalue weighted by Crippen LogP contribution is 2.49. The lowest BCUT2D eigenvalue weighted by Gasteiger charge is -2.41. The topological polar surface area (TPSA) is 66.8 Å². The monoisotopic (exact) mass is 405 g/mol. The van der Waals surface area contributed by atoms with Gasteiger partial charge in [-0.3, -0.25) is 0 Å². The SMILES string of the molecule is COc1cccc([C@]2(O)CCC[C@H]3CN(S(=O)(=O)c4ccccc4F)C[C@H]32)c1. The Morgan fingerprint density at radius 3 is 2.71 bits per heavy atom. The molecular weight excluding hydrogens is 381 g/mol. The van der Waals surface area contributed by atoms with Gasteiger partial charge in [0.05, 0.1) is 12.7 Å². The first-order valence-corrected chi connectivity index (χ1v) is 10.9. The van der Waals surface area contributed by atoms with Gasteiger partial charge in [-0.15, -0.1) is 0 Å².